The Balaban J connectivity index is 0. The van der Waals surface area contributed by atoms with Crippen molar-refractivity contribution in [2.75, 3.05) is 13.3 Å². The summed E-state index contributed by atoms with van der Waals surface area (Å²) >= 11 is 0. The number of rotatable bonds is 9. The molecular formula is C14H17F7O4. The molecule has 0 aromatic carbocycles. The van der Waals surface area contributed by atoms with Crippen molar-refractivity contribution in [1.82, 2.24) is 0 Å². The molecule has 0 aromatic rings. The normalized spacial score (nSPS) is 11.7. The number of ether oxygens (including phenoxy) is 2. The Hall–Kier alpha value is -2.07. The lowest BCUT2D eigenvalue weighted by Gasteiger charge is -2.29. The van der Waals surface area contributed by atoms with Crippen LogP contribution in [-0.2, 0) is 19.1 Å². The zero-order valence-corrected chi connectivity index (χ0v) is 13.2. The topological polar surface area (TPSA) is 52.6 Å². The van der Waals surface area contributed by atoms with Crippen molar-refractivity contribution in [3.8, 4) is 0 Å². The van der Waals surface area contributed by atoms with Crippen molar-refractivity contribution in [1.29, 1.82) is 0 Å². The van der Waals surface area contributed by atoms with Crippen molar-refractivity contribution < 1.29 is 49.8 Å². The highest BCUT2D eigenvalue weighted by atomic mass is 19.4. The van der Waals surface area contributed by atoms with Gasteiger partial charge in [0.1, 0.15) is 0 Å². The molecule has 0 N–H and O–H groups in total. The number of hydrogen-bond donors (Lipinski definition) is 0. The molecule has 0 radical (unpaired) electrons. The van der Waals surface area contributed by atoms with Crippen molar-refractivity contribution in [2.24, 2.45) is 0 Å². The van der Waals surface area contributed by atoms with Gasteiger partial charge in [0.25, 0.3) is 0 Å². The van der Waals surface area contributed by atoms with E-state index in [2.05, 4.69) is 22.6 Å². The highest BCUT2D eigenvalue weighted by molar-refractivity contribution is 5.81. The largest absolute Gasteiger partial charge is 0.473 e. The Labute approximate surface area is 139 Å². The van der Waals surface area contributed by atoms with Crippen LogP contribution in [0.4, 0.5) is 30.7 Å². The molecule has 0 amide bonds. The summed E-state index contributed by atoms with van der Waals surface area (Å²) in [6.07, 6.45) is -2.62. The number of carbonyl (C=O) groups excluding carboxylic acids is 2. The van der Waals surface area contributed by atoms with Gasteiger partial charge in [-0.25, -0.2) is 14.0 Å². The second-order valence-corrected chi connectivity index (χ2v) is 4.28. The van der Waals surface area contributed by atoms with Gasteiger partial charge in [0.15, 0.2) is 6.67 Å². The van der Waals surface area contributed by atoms with E-state index in [-0.39, 0.29) is 12.0 Å². The highest BCUT2D eigenvalue weighted by Crippen LogP contribution is 2.46. The van der Waals surface area contributed by atoms with Crippen LogP contribution in [0.1, 0.15) is 19.8 Å². The fourth-order valence-corrected chi connectivity index (χ4v) is 0.905. The number of unbranched alkanes of at least 4 members (excludes halogenated alkanes) is 1. The standard InChI is InChI=1S/C7H5F7O2.C7H12O2/c1-2-4(15)16-7(13,14)6(11,12)5(9,10)3-8;1-3-5-6-9-7(8)4-2/h2H,1,3H2;4H,2-3,5-6H2,1H3. The van der Waals surface area contributed by atoms with E-state index in [4.69, 9.17) is 0 Å². The molecule has 4 nitrogen and oxygen atoms in total. The molecule has 0 aromatic heterocycles. The number of hydrogen-bond acceptors (Lipinski definition) is 4. The van der Waals surface area contributed by atoms with Crippen molar-refractivity contribution in [3.63, 3.8) is 0 Å². The molecule has 11 heteroatoms. The first-order valence-corrected chi connectivity index (χ1v) is 6.66. The Bertz CT molecular complexity index is 464. The second kappa shape index (κ2) is 10.7. The minimum absolute atomic E-state index is 0.0670. The van der Waals surface area contributed by atoms with E-state index in [1.807, 2.05) is 6.92 Å². The van der Waals surface area contributed by atoms with Gasteiger partial charge in [-0.15, -0.1) is 0 Å². The van der Waals surface area contributed by atoms with Gasteiger partial charge < -0.3 is 9.47 Å². The quantitative estimate of drug-likeness (QED) is 0.261. The molecule has 0 saturated carbocycles. The van der Waals surface area contributed by atoms with E-state index in [1.54, 1.807) is 0 Å². The third-order valence-electron chi connectivity index (χ3n) is 2.30. The Morgan fingerprint density at radius 1 is 1.00 bits per heavy atom. The van der Waals surface area contributed by atoms with E-state index in [0.717, 1.165) is 12.8 Å². The minimum atomic E-state index is -6.16. The number of halogens is 7. The molecule has 0 fully saturated rings. The molecule has 0 bridgehead atoms. The van der Waals surface area contributed by atoms with Crippen LogP contribution in [0.5, 0.6) is 0 Å². The first-order chi connectivity index (χ1) is 11.3. The molecular weight excluding hydrogens is 365 g/mol. The van der Waals surface area contributed by atoms with Crippen LogP contribution in [-0.4, -0.2) is 43.2 Å². The third kappa shape index (κ3) is 8.03. The number of carbonyl (C=O) groups is 2. The van der Waals surface area contributed by atoms with Crippen LogP contribution in [0.3, 0.4) is 0 Å². The van der Waals surface area contributed by atoms with Gasteiger partial charge in [-0.05, 0) is 6.42 Å². The van der Waals surface area contributed by atoms with E-state index in [9.17, 15) is 40.3 Å². The molecule has 0 unspecified atom stereocenters. The maximum atomic E-state index is 12.4. The fourth-order valence-electron chi connectivity index (χ4n) is 0.905. The summed E-state index contributed by atoms with van der Waals surface area (Å²) in [5.41, 5.74) is 0. The molecule has 0 aliphatic rings. The molecule has 0 rings (SSSR count). The Kier molecular flexibility index (Phi) is 10.8. The molecule has 0 heterocycles. The predicted octanol–water partition coefficient (Wildman–Crippen LogP) is 4.06. The number of esters is 2. The fraction of sp³-hybridized carbons (Fsp3) is 0.571. The van der Waals surface area contributed by atoms with Crippen LogP contribution in [0.2, 0.25) is 0 Å². The van der Waals surface area contributed by atoms with Crippen molar-refractivity contribution in [2.45, 2.75) is 37.7 Å². The minimum Gasteiger partial charge on any atom is -0.463 e. The summed E-state index contributed by atoms with van der Waals surface area (Å²) in [5.74, 6) is -14.2. The molecule has 25 heavy (non-hydrogen) atoms. The van der Waals surface area contributed by atoms with E-state index in [0.29, 0.717) is 6.61 Å². The van der Waals surface area contributed by atoms with E-state index >= 15 is 0 Å². The monoisotopic (exact) mass is 382 g/mol. The van der Waals surface area contributed by atoms with Crippen LogP contribution >= 0.6 is 0 Å². The molecule has 0 aliphatic heterocycles. The zero-order valence-electron chi connectivity index (χ0n) is 13.2. The first kappa shape index (κ1) is 25.2. The van der Waals surface area contributed by atoms with Crippen LogP contribution in [0.25, 0.3) is 0 Å². The van der Waals surface area contributed by atoms with Crippen LogP contribution < -0.4 is 0 Å². The zero-order chi connectivity index (χ0) is 20.3. The van der Waals surface area contributed by atoms with Gasteiger partial charge in [-0.3, -0.25) is 0 Å². The predicted molar refractivity (Wildman–Crippen MR) is 73.2 cm³/mol. The first-order valence-electron chi connectivity index (χ1n) is 6.66. The maximum Gasteiger partial charge on any atom is 0.473 e. The molecule has 0 atom stereocenters. The summed E-state index contributed by atoms with van der Waals surface area (Å²) in [4.78, 5) is 20.5. The van der Waals surface area contributed by atoms with Crippen molar-refractivity contribution >= 4 is 11.9 Å². The number of alkyl halides is 7. The lowest BCUT2D eigenvalue weighted by atomic mass is 10.1. The van der Waals surface area contributed by atoms with Crippen LogP contribution in [0, 0.1) is 0 Å². The Morgan fingerprint density at radius 3 is 1.84 bits per heavy atom. The SMILES string of the molecule is C=CC(=O)OC(F)(F)C(F)(F)C(F)(F)CF.C=CC(=O)OCCCC. The summed E-state index contributed by atoms with van der Waals surface area (Å²) in [5, 5.41) is 0. The van der Waals surface area contributed by atoms with Gasteiger partial charge in [0.2, 0.25) is 0 Å². The lowest BCUT2D eigenvalue weighted by Crippen LogP contribution is -2.56. The third-order valence-corrected chi connectivity index (χ3v) is 2.30. The maximum absolute atomic E-state index is 12.4. The van der Waals surface area contributed by atoms with Gasteiger partial charge >= 0.3 is 29.9 Å². The summed E-state index contributed by atoms with van der Waals surface area (Å²) < 4.78 is 93.0. The highest BCUT2D eigenvalue weighted by Gasteiger charge is 2.74. The average Bonchev–Trinajstić information content (AvgIpc) is 2.54. The summed E-state index contributed by atoms with van der Waals surface area (Å²) in [7, 11) is 0. The average molecular weight is 382 g/mol. The summed E-state index contributed by atoms with van der Waals surface area (Å²) in [6, 6.07) is 0. The molecule has 0 aliphatic carbocycles. The van der Waals surface area contributed by atoms with E-state index in [1.165, 1.54) is 6.08 Å². The summed E-state index contributed by atoms with van der Waals surface area (Å²) in [6.45, 7) is 5.39. The smallest absolute Gasteiger partial charge is 0.463 e. The second-order valence-electron chi connectivity index (χ2n) is 4.28. The van der Waals surface area contributed by atoms with Crippen LogP contribution in [0.15, 0.2) is 25.3 Å². The van der Waals surface area contributed by atoms with Gasteiger partial charge in [0.05, 0.1) is 6.61 Å². The molecule has 146 valence electrons. The Morgan fingerprint density at radius 2 is 1.48 bits per heavy atom. The molecule has 0 saturated heterocycles. The lowest BCUT2D eigenvalue weighted by molar-refractivity contribution is -0.384. The van der Waals surface area contributed by atoms with Crippen molar-refractivity contribution in [3.05, 3.63) is 25.3 Å². The van der Waals surface area contributed by atoms with E-state index < -0.39 is 30.6 Å². The van der Waals surface area contributed by atoms with Gasteiger partial charge in [-0.1, -0.05) is 26.5 Å². The van der Waals surface area contributed by atoms with Gasteiger partial charge in [0, 0.05) is 12.2 Å². The molecule has 0 spiro atoms. The van der Waals surface area contributed by atoms with Gasteiger partial charge in [-0.2, -0.15) is 26.3 Å².